The summed E-state index contributed by atoms with van der Waals surface area (Å²) in [5.74, 6) is -0.710. The van der Waals surface area contributed by atoms with E-state index in [4.69, 9.17) is 30.5 Å². The molecule has 134 valence electrons. The first-order valence-corrected chi connectivity index (χ1v) is 8.82. The Morgan fingerprint density at radius 2 is 1.96 bits per heavy atom. The van der Waals surface area contributed by atoms with E-state index < -0.39 is 24.3 Å². The fourth-order valence-corrected chi connectivity index (χ4v) is 3.36. The van der Waals surface area contributed by atoms with Gasteiger partial charge >= 0.3 is 0 Å². The zero-order chi connectivity index (χ0) is 17.3. The number of halogens is 1. The Bertz CT molecular complexity index is 547. The van der Waals surface area contributed by atoms with Gasteiger partial charge in [-0.25, -0.2) is 0 Å². The lowest BCUT2D eigenvalue weighted by atomic mass is 10.0. The summed E-state index contributed by atoms with van der Waals surface area (Å²) in [6, 6.07) is 7.50. The summed E-state index contributed by atoms with van der Waals surface area (Å²) in [5, 5.41) is 11.1. The van der Waals surface area contributed by atoms with Gasteiger partial charge in [0.25, 0.3) is 0 Å². The second-order valence-corrected chi connectivity index (χ2v) is 7.26. The van der Waals surface area contributed by atoms with E-state index in [-0.39, 0.29) is 12.2 Å². The molecule has 2 heterocycles. The molecule has 0 unspecified atom stereocenters. The van der Waals surface area contributed by atoms with Crippen molar-refractivity contribution in [2.24, 2.45) is 0 Å². The maximum Gasteiger partial charge on any atom is 0.190 e. The zero-order valence-corrected chi connectivity index (χ0v) is 15.0. The van der Waals surface area contributed by atoms with Crippen molar-refractivity contribution >= 4 is 11.6 Å². The summed E-state index contributed by atoms with van der Waals surface area (Å²) in [4.78, 5) is 0. The van der Waals surface area contributed by atoms with Crippen LogP contribution >= 0.6 is 11.6 Å². The molecule has 1 N–H and O–H groups in total. The van der Waals surface area contributed by atoms with Gasteiger partial charge in [-0.1, -0.05) is 37.1 Å². The highest BCUT2D eigenvalue weighted by Crippen LogP contribution is 2.40. The largest absolute Gasteiger partial charge is 0.390 e. The molecule has 6 heteroatoms. The number of fused-ring (bicyclic) bond motifs is 1. The molecule has 5 atom stereocenters. The number of rotatable bonds is 6. The monoisotopic (exact) mass is 356 g/mol. The van der Waals surface area contributed by atoms with Gasteiger partial charge in [-0.2, -0.15) is 0 Å². The van der Waals surface area contributed by atoms with Crippen LogP contribution < -0.4 is 0 Å². The molecule has 2 saturated heterocycles. The molecule has 2 fully saturated rings. The zero-order valence-electron chi connectivity index (χ0n) is 14.3. The third kappa shape index (κ3) is 3.93. The molecule has 0 spiro atoms. The average molecular weight is 357 g/mol. The standard InChI is InChI=1S/C18H25ClO5/c1-4-5-13(20)14-15(16-17(22-14)24-18(2,3)23-16)21-10-11-6-8-12(19)9-7-11/h6-9,13-17,20H,4-5,10H2,1-3H3/t13-,14-,15+,16-,17-/m1/s1. The van der Waals surface area contributed by atoms with Crippen molar-refractivity contribution in [2.75, 3.05) is 0 Å². The molecular formula is C18H25ClO5. The Morgan fingerprint density at radius 3 is 2.62 bits per heavy atom. The second-order valence-electron chi connectivity index (χ2n) is 6.83. The molecule has 2 aliphatic heterocycles. The summed E-state index contributed by atoms with van der Waals surface area (Å²) in [5.41, 5.74) is 1.00. The molecule has 24 heavy (non-hydrogen) atoms. The van der Waals surface area contributed by atoms with Crippen LogP contribution in [0.2, 0.25) is 5.02 Å². The molecule has 0 aromatic heterocycles. The summed E-state index contributed by atoms with van der Waals surface area (Å²) in [6.45, 7) is 6.12. The molecule has 1 aromatic rings. The molecule has 1 aromatic carbocycles. The number of aliphatic hydroxyl groups is 1. The lowest BCUT2D eigenvalue weighted by Crippen LogP contribution is -2.42. The third-order valence-corrected chi connectivity index (χ3v) is 4.60. The van der Waals surface area contributed by atoms with Gasteiger partial charge in [0.05, 0.1) is 12.7 Å². The van der Waals surface area contributed by atoms with E-state index in [1.165, 1.54) is 0 Å². The Labute approximate surface area is 147 Å². The van der Waals surface area contributed by atoms with Crippen molar-refractivity contribution < 1.29 is 24.1 Å². The van der Waals surface area contributed by atoms with Crippen LogP contribution in [0.25, 0.3) is 0 Å². The van der Waals surface area contributed by atoms with Gasteiger partial charge in [0.15, 0.2) is 12.1 Å². The summed E-state index contributed by atoms with van der Waals surface area (Å²) in [7, 11) is 0. The fourth-order valence-electron chi connectivity index (χ4n) is 3.24. The minimum Gasteiger partial charge on any atom is -0.390 e. The summed E-state index contributed by atoms with van der Waals surface area (Å²) < 4.78 is 23.7. The number of hydrogen-bond donors (Lipinski definition) is 1. The highest BCUT2D eigenvalue weighted by molar-refractivity contribution is 6.30. The summed E-state index contributed by atoms with van der Waals surface area (Å²) >= 11 is 5.91. The molecule has 0 saturated carbocycles. The van der Waals surface area contributed by atoms with Gasteiger partial charge < -0.3 is 24.1 Å². The Morgan fingerprint density at radius 1 is 1.25 bits per heavy atom. The van der Waals surface area contributed by atoms with Gasteiger partial charge in [-0.3, -0.25) is 0 Å². The van der Waals surface area contributed by atoms with Crippen molar-refractivity contribution in [2.45, 2.75) is 76.7 Å². The molecule has 0 aliphatic carbocycles. The topological polar surface area (TPSA) is 57.2 Å². The SMILES string of the molecule is CCC[C@@H](O)[C@H]1O[C@@H]2OC(C)(C)O[C@@H]2[C@H]1OCc1ccc(Cl)cc1. The first-order chi connectivity index (χ1) is 11.4. The van der Waals surface area contributed by atoms with E-state index in [2.05, 4.69) is 0 Å². The minimum atomic E-state index is -0.710. The third-order valence-electron chi connectivity index (χ3n) is 4.35. The summed E-state index contributed by atoms with van der Waals surface area (Å²) in [6.07, 6.45) is -0.777. The van der Waals surface area contributed by atoms with Crippen LogP contribution in [0.3, 0.4) is 0 Å². The van der Waals surface area contributed by atoms with Crippen LogP contribution in [-0.4, -0.2) is 41.6 Å². The van der Waals surface area contributed by atoms with Crippen molar-refractivity contribution in [3.05, 3.63) is 34.9 Å². The molecule has 5 nitrogen and oxygen atoms in total. The van der Waals surface area contributed by atoms with Crippen LogP contribution in [0.5, 0.6) is 0 Å². The highest BCUT2D eigenvalue weighted by atomic mass is 35.5. The Balaban J connectivity index is 1.70. The van der Waals surface area contributed by atoms with E-state index >= 15 is 0 Å². The molecule has 0 radical (unpaired) electrons. The first kappa shape index (κ1) is 18.1. The lowest BCUT2D eigenvalue weighted by molar-refractivity contribution is -0.230. The Kier molecular flexibility index (Phi) is 5.49. The second kappa shape index (κ2) is 7.28. The van der Waals surface area contributed by atoms with Gasteiger partial charge in [-0.15, -0.1) is 0 Å². The molecular weight excluding hydrogens is 332 g/mol. The quantitative estimate of drug-likeness (QED) is 0.847. The number of aliphatic hydroxyl groups excluding tert-OH is 1. The van der Waals surface area contributed by atoms with Gasteiger partial charge in [0.1, 0.15) is 18.3 Å². The highest BCUT2D eigenvalue weighted by Gasteiger charge is 2.56. The fraction of sp³-hybridized carbons (Fsp3) is 0.667. The van der Waals surface area contributed by atoms with E-state index in [0.717, 1.165) is 12.0 Å². The van der Waals surface area contributed by atoms with E-state index in [1.807, 2.05) is 45.0 Å². The molecule has 2 aliphatic rings. The molecule has 0 bridgehead atoms. The van der Waals surface area contributed by atoms with Crippen LogP contribution in [0.1, 0.15) is 39.2 Å². The number of hydrogen-bond acceptors (Lipinski definition) is 5. The van der Waals surface area contributed by atoms with Crippen molar-refractivity contribution in [3.8, 4) is 0 Å². The average Bonchev–Trinajstić information content (AvgIpc) is 2.99. The minimum absolute atomic E-state index is 0.344. The molecule has 3 rings (SSSR count). The molecule has 0 amide bonds. The van der Waals surface area contributed by atoms with Gasteiger partial charge in [0.2, 0.25) is 0 Å². The predicted octanol–water partition coefficient (Wildman–Crippen LogP) is 3.26. The first-order valence-electron chi connectivity index (χ1n) is 8.45. The number of benzene rings is 1. The van der Waals surface area contributed by atoms with Crippen LogP contribution in [0.4, 0.5) is 0 Å². The maximum absolute atomic E-state index is 10.4. The van der Waals surface area contributed by atoms with Crippen molar-refractivity contribution in [1.29, 1.82) is 0 Å². The predicted molar refractivity (Wildman–Crippen MR) is 89.6 cm³/mol. The normalized spacial score (nSPS) is 32.7. The van der Waals surface area contributed by atoms with Gasteiger partial charge in [-0.05, 0) is 38.0 Å². The van der Waals surface area contributed by atoms with E-state index in [0.29, 0.717) is 18.1 Å². The van der Waals surface area contributed by atoms with Gasteiger partial charge in [0, 0.05) is 5.02 Å². The maximum atomic E-state index is 10.4. The van der Waals surface area contributed by atoms with E-state index in [1.54, 1.807) is 0 Å². The van der Waals surface area contributed by atoms with Crippen molar-refractivity contribution in [3.63, 3.8) is 0 Å². The van der Waals surface area contributed by atoms with Crippen LogP contribution in [-0.2, 0) is 25.6 Å². The Hall–Kier alpha value is -0.690. The van der Waals surface area contributed by atoms with Crippen molar-refractivity contribution in [1.82, 2.24) is 0 Å². The van der Waals surface area contributed by atoms with E-state index in [9.17, 15) is 5.11 Å². The smallest absolute Gasteiger partial charge is 0.190 e. The number of ether oxygens (including phenoxy) is 4. The van der Waals surface area contributed by atoms with Crippen LogP contribution in [0.15, 0.2) is 24.3 Å². The van der Waals surface area contributed by atoms with Crippen LogP contribution in [0, 0.1) is 0 Å². The lowest BCUT2D eigenvalue weighted by Gasteiger charge is -2.28.